The highest BCUT2D eigenvalue weighted by Crippen LogP contribution is 2.21. The van der Waals surface area contributed by atoms with Crippen LogP contribution in [0.15, 0.2) is 42.7 Å². The predicted octanol–water partition coefficient (Wildman–Crippen LogP) is 2.33. The molecule has 1 aromatic carbocycles. The van der Waals surface area contributed by atoms with Crippen molar-refractivity contribution in [1.82, 2.24) is 20.2 Å². The van der Waals surface area contributed by atoms with E-state index in [1.165, 1.54) is 12.4 Å². The predicted molar refractivity (Wildman–Crippen MR) is 74.5 cm³/mol. The number of anilines is 1. The van der Waals surface area contributed by atoms with Crippen LogP contribution in [0.25, 0.3) is 11.0 Å². The van der Waals surface area contributed by atoms with Gasteiger partial charge >= 0.3 is 0 Å². The van der Waals surface area contributed by atoms with Crippen molar-refractivity contribution in [2.24, 2.45) is 0 Å². The summed E-state index contributed by atoms with van der Waals surface area (Å²) in [5.41, 5.74) is 1.69. The van der Waals surface area contributed by atoms with Crippen molar-refractivity contribution in [2.45, 2.75) is 0 Å². The van der Waals surface area contributed by atoms with Gasteiger partial charge in [-0.1, -0.05) is 23.7 Å². The second kappa shape index (κ2) is 5.18. The van der Waals surface area contributed by atoms with Crippen molar-refractivity contribution in [3.05, 3.63) is 53.4 Å². The smallest absolute Gasteiger partial charge is 0.258 e. The number of fused-ring (bicyclic) bond motifs is 1. The van der Waals surface area contributed by atoms with Gasteiger partial charge in [0.15, 0.2) is 11.0 Å². The molecule has 3 aromatic rings. The molecule has 0 unspecified atom stereocenters. The van der Waals surface area contributed by atoms with Gasteiger partial charge in [0.25, 0.3) is 5.91 Å². The van der Waals surface area contributed by atoms with Crippen LogP contribution in [-0.4, -0.2) is 26.1 Å². The van der Waals surface area contributed by atoms with Gasteiger partial charge in [-0.25, -0.2) is 9.97 Å². The molecule has 0 aliphatic heterocycles. The Labute approximate surface area is 118 Å². The Morgan fingerprint density at radius 2 is 1.80 bits per heavy atom. The first-order valence-electron chi connectivity index (χ1n) is 5.74. The normalized spacial score (nSPS) is 10.4. The molecule has 0 spiro atoms. The van der Waals surface area contributed by atoms with Gasteiger partial charge < -0.3 is 5.32 Å². The Morgan fingerprint density at radius 1 is 1.05 bits per heavy atom. The van der Waals surface area contributed by atoms with Crippen LogP contribution in [0.4, 0.5) is 5.82 Å². The monoisotopic (exact) mass is 285 g/mol. The van der Waals surface area contributed by atoms with Gasteiger partial charge in [-0.05, 0) is 18.2 Å². The van der Waals surface area contributed by atoms with Crippen LogP contribution >= 0.6 is 11.6 Å². The zero-order valence-electron chi connectivity index (χ0n) is 10.1. The summed E-state index contributed by atoms with van der Waals surface area (Å²) < 4.78 is 0. The van der Waals surface area contributed by atoms with E-state index in [-0.39, 0.29) is 16.9 Å². The summed E-state index contributed by atoms with van der Waals surface area (Å²) in [5, 5.41) is 9.99. The second-order valence-electron chi connectivity index (χ2n) is 3.94. The molecule has 0 aliphatic rings. The van der Waals surface area contributed by atoms with E-state index in [0.717, 1.165) is 0 Å². The first-order chi connectivity index (χ1) is 9.74. The average Bonchev–Trinajstić information content (AvgIpc) is 2.49. The molecule has 2 heterocycles. The maximum absolute atomic E-state index is 12.0. The van der Waals surface area contributed by atoms with Gasteiger partial charge in [-0.3, -0.25) is 4.79 Å². The van der Waals surface area contributed by atoms with Crippen LogP contribution in [0.2, 0.25) is 5.15 Å². The summed E-state index contributed by atoms with van der Waals surface area (Å²) in [6.07, 6.45) is 2.79. The molecule has 0 atom stereocenters. The third kappa shape index (κ3) is 2.41. The molecule has 98 valence electrons. The maximum atomic E-state index is 12.0. The van der Waals surface area contributed by atoms with Crippen LogP contribution < -0.4 is 5.32 Å². The minimum atomic E-state index is -0.369. The van der Waals surface area contributed by atoms with Crippen molar-refractivity contribution in [3.8, 4) is 0 Å². The number of benzene rings is 1. The topological polar surface area (TPSA) is 80.7 Å². The van der Waals surface area contributed by atoms with Crippen LogP contribution in [0.1, 0.15) is 10.4 Å². The molecule has 2 aromatic heterocycles. The molecule has 1 N–H and O–H groups in total. The van der Waals surface area contributed by atoms with Gasteiger partial charge in [0.05, 0.1) is 29.0 Å². The largest absolute Gasteiger partial charge is 0.304 e. The number of nitrogens with zero attached hydrogens (tertiary/aromatic N) is 4. The minimum Gasteiger partial charge on any atom is -0.304 e. The second-order valence-corrected chi connectivity index (χ2v) is 4.29. The fourth-order valence-electron chi connectivity index (χ4n) is 1.66. The SMILES string of the molecule is O=C(Nc1nc2ccccc2nc1Cl)c1ccnnc1. The van der Waals surface area contributed by atoms with Gasteiger partial charge in [-0.2, -0.15) is 10.2 Å². The molecule has 6 nitrogen and oxygen atoms in total. The molecule has 20 heavy (non-hydrogen) atoms. The number of hydrogen-bond donors (Lipinski definition) is 1. The van der Waals surface area contributed by atoms with Crippen LogP contribution in [0.5, 0.6) is 0 Å². The quantitative estimate of drug-likeness (QED) is 0.781. The van der Waals surface area contributed by atoms with E-state index in [1.807, 2.05) is 12.1 Å². The first kappa shape index (κ1) is 12.4. The van der Waals surface area contributed by atoms with Crippen LogP contribution in [0.3, 0.4) is 0 Å². The number of carbonyl (C=O) groups excluding carboxylic acids is 1. The summed E-state index contributed by atoms with van der Waals surface area (Å²) in [6.45, 7) is 0. The number of aromatic nitrogens is 4. The maximum Gasteiger partial charge on any atom is 0.258 e. The third-order valence-corrected chi connectivity index (χ3v) is 2.87. The molecule has 1 amide bonds. The van der Waals surface area contributed by atoms with Gasteiger partial charge in [0.2, 0.25) is 0 Å². The summed E-state index contributed by atoms with van der Waals surface area (Å²) in [6, 6.07) is 8.82. The highest BCUT2D eigenvalue weighted by molar-refractivity contribution is 6.32. The molecule has 0 radical (unpaired) electrons. The number of hydrogen-bond acceptors (Lipinski definition) is 5. The Hall–Kier alpha value is -2.60. The van der Waals surface area contributed by atoms with E-state index in [9.17, 15) is 4.79 Å². The molecule has 0 bridgehead atoms. The molecule has 0 saturated carbocycles. The highest BCUT2D eigenvalue weighted by Gasteiger charge is 2.12. The number of nitrogens with one attached hydrogen (secondary N) is 1. The van der Waals surface area contributed by atoms with Crippen molar-refractivity contribution < 1.29 is 4.79 Å². The lowest BCUT2D eigenvalue weighted by molar-refractivity contribution is 0.102. The Bertz CT molecular complexity index is 778. The molecular weight excluding hydrogens is 278 g/mol. The van der Waals surface area contributed by atoms with E-state index in [4.69, 9.17) is 11.6 Å². The molecule has 7 heteroatoms. The standard InChI is InChI=1S/C13H8ClN5O/c14-11-12(18-10-4-2-1-3-9(10)17-11)19-13(20)8-5-6-15-16-7-8/h1-7H,(H,18,19,20). The molecule has 0 saturated heterocycles. The number of halogens is 1. The number of rotatable bonds is 2. The average molecular weight is 286 g/mol. The molecular formula is C13H8ClN5O. The van der Waals surface area contributed by atoms with Crippen molar-refractivity contribution in [3.63, 3.8) is 0 Å². The molecule has 0 fully saturated rings. The van der Waals surface area contributed by atoms with Crippen LogP contribution in [0, 0.1) is 0 Å². The Balaban J connectivity index is 1.95. The lowest BCUT2D eigenvalue weighted by atomic mass is 10.3. The summed E-state index contributed by atoms with van der Waals surface area (Å²) in [5.74, 6) is -0.154. The van der Waals surface area contributed by atoms with E-state index in [1.54, 1.807) is 18.2 Å². The van der Waals surface area contributed by atoms with Crippen molar-refractivity contribution >= 4 is 34.4 Å². The first-order valence-corrected chi connectivity index (χ1v) is 6.12. The van der Waals surface area contributed by atoms with Crippen molar-refractivity contribution in [2.75, 3.05) is 5.32 Å². The van der Waals surface area contributed by atoms with Crippen LogP contribution in [-0.2, 0) is 0 Å². The van der Waals surface area contributed by atoms with Gasteiger partial charge in [0, 0.05) is 0 Å². The fraction of sp³-hybridized carbons (Fsp3) is 0. The number of para-hydroxylation sites is 2. The third-order valence-electron chi connectivity index (χ3n) is 2.61. The number of carbonyl (C=O) groups is 1. The van der Waals surface area contributed by atoms with Gasteiger partial charge in [0.1, 0.15) is 0 Å². The van der Waals surface area contributed by atoms with E-state index in [0.29, 0.717) is 16.6 Å². The van der Waals surface area contributed by atoms with E-state index in [2.05, 4.69) is 25.5 Å². The lowest BCUT2D eigenvalue weighted by Crippen LogP contribution is -2.14. The summed E-state index contributed by atoms with van der Waals surface area (Å²) >= 11 is 6.02. The zero-order chi connectivity index (χ0) is 13.9. The fourth-order valence-corrected chi connectivity index (χ4v) is 1.84. The molecule has 0 aliphatic carbocycles. The highest BCUT2D eigenvalue weighted by atomic mass is 35.5. The lowest BCUT2D eigenvalue weighted by Gasteiger charge is -2.06. The van der Waals surface area contributed by atoms with E-state index >= 15 is 0 Å². The zero-order valence-corrected chi connectivity index (χ0v) is 10.9. The summed E-state index contributed by atoms with van der Waals surface area (Å²) in [4.78, 5) is 20.5. The van der Waals surface area contributed by atoms with Crippen molar-refractivity contribution in [1.29, 1.82) is 0 Å². The minimum absolute atomic E-state index is 0.138. The Morgan fingerprint density at radius 3 is 2.50 bits per heavy atom. The Kier molecular flexibility index (Phi) is 3.22. The molecule has 3 rings (SSSR count). The summed E-state index contributed by atoms with van der Waals surface area (Å²) in [7, 11) is 0. The van der Waals surface area contributed by atoms with E-state index < -0.39 is 0 Å². The van der Waals surface area contributed by atoms with Gasteiger partial charge in [-0.15, -0.1) is 0 Å². The number of amides is 1.